The van der Waals surface area contributed by atoms with Gasteiger partial charge in [0, 0.05) is 17.5 Å². The van der Waals surface area contributed by atoms with Gasteiger partial charge in [-0.1, -0.05) is 57.2 Å². The number of hydrogen-bond donors (Lipinski definition) is 1. The molecule has 0 aliphatic heterocycles. The zero-order valence-corrected chi connectivity index (χ0v) is 20.4. The summed E-state index contributed by atoms with van der Waals surface area (Å²) in [6, 6.07) is 13.8. The van der Waals surface area contributed by atoms with Gasteiger partial charge < -0.3 is 14.8 Å². The summed E-state index contributed by atoms with van der Waals surface area (Å²) in [5.74, 6) is -0.634. The first-order chi connectivity index (χ1) is 15.8. The number of amides is 1. The highest BCUT2D eigenvalue weighted by atomic mass is 16.6. The molecule has 8 nitrogen and oxygen atoms in total. The largest absolute Gasteiger partial charge is 0.456 e. The van der Waals surface area contributed by atoms with Crippen molar-refractivity contribution in [2.75, 3.05) is 0 Å². The van der Waals surface area contributed by atoms with Gasteiger partial charge in [0.1, 0.15) is 11.7 Å². The van der Waals surface area contributed by atoms with Crippen molar-refractivity contribution in [3.63, 3.8) is 0 Å². The molecule has 0 saturated carbocycles. The highest BCUT2D eigenvalue weighted by Gasteiger charge is 2.32. The van der Waals surface area contributed by atoms with Crippen LogP contribution in [0.5, 0.6) is 0 Å². The van der Waals surface area contributed by atoms with Crippen LogP contribution < -0.4 is 5.32 Å². The lowest BCUT2D eigenvalue weighted by Crippen LogP contribution is -2.41. The molecule has 0 spiro atoms. The van der Waals surface area contributed by atoms with E-state index in [-0.39, 0.29) is 5.69 Å². The van der Waals surface area contributed by atoms with E-state index in [0.29, 0.717) is 5.56 Å². The molecule has 0 aliphatic rings. The second-order valence-electron chi connectivity index (χ2n) is 9.92. The van der Waals surface area contributed by atoms with Crippen molar-refractivity contribution in [1.29, 1.82) is 0 Å². The number of non-ortho nitro benzene ring substituents is 1. The fourth-order valence-corrected chi connectivity index (χ4v) is 2.95. The number of ether oxygens (including phenoxy) is 2. The van der Waals surface area contributed by atoms with Gasteiger partial charge in [-0.2, -0.15) is 0 Å². The average molecular weight is 469 g/mol. The maximum Gasteiger partial charge on any atom is 0.408 e. The van der Waals surface area contributed by atoms with Crippen LogP contribution in [0.25, 0.3) is 6.08 Å². The summed E-state index contributed by atoms with van der Waals surface area (Å²) < 4.78 is 11.2. The Morgan fingerprint density at radius 3 is 2.06 bits per heavy atom. The smallest absolute Gasteiger partial charge is 0.408 e. The second kappa shape index (κ2) is 11.0. The molecule has 1 amide bonds. The summed E-state index contributed by atoms with van der Waals surface area (Å²) in [5.41, 5.74) is 0.0964. The van der Waals surface area contributed by atoms with Crippen molar-refractivity contribution in [3.05, 3.63) is 81.9 Å². The van der Waals surface area contributed by atoms with Crippen LogP contribution in [0, 0.1) is 15.5 Å². The summed E-state index contributed by atoms with van der Waals surface area (Å²) in [5, 5.41) is 13.5. The minimum atomic E-state index is -1.06. The quantitative estimate of drug-likeness (QED) is 0.311. The van der Waals surface area contributed by atoms with Crippen molar-refractivity contribution < 1.29 is 24.0 Å². The Labute approximate surface area is 200 Å². The van der Waals surface area contributed by atoms with E-state index in [4.69, 9.17) is 9.47 Å². The van der Waals surface area contributed by atoms with E-state index >= 15 is 0 Å². The van der Waals surface area contributed by atoms with E-state index in [9.17, 15) is 19.7 Å². The van der Waals surface area contributed by atoms with Crippen LogP contribution in [-0.2, 0) is 14.3 Å². The molecule has 34 heavy (non-hydrogen) atoms. The van der Waals surface area contributed by atoms with Gasteiger partial charge in [-0.3, -0.25) is 10.1 Å². The normalized spacial score (nSPS) is 13.7. The molecular formula is C26H32N2O6. The van der Waals surface area contributed by atoms with Gasteiger partial charge in [-0.25, -0.2) is 9.59 Å². The Bertz CT molecular complexity index is 1020. The molecule has 0 bridgehead atoms. The number of alkyl carbamates (subject to hydrolysis) is 1. The van der Waals surface area contributed by atoms with Gasteiger partial charge in [-0.05, 0) is 50.1 Å². The van der Waals surface area contributed by atoms with E-state index in [2.05, 4.69) is 5.32 Å². The molecule has 1 unspecified atom stereocenters. The second-order valence-corrected chi connectivity index (χ2v) is 9.92. The number of nitrogens with zero attached hydrogens (tertiary/aromatic N) is 1. The summed E-state index contributed by atoms with van der Waals surface area (Å²) in [7, 11) is 0. The van der Waals surface area contributed by atoms with Gasteiger partial charge in [0.05, 0.1) is 4.92 Å². The fourth-order valence-electron chi connectivity index (χ4n) is 2.95. The van der Waals surface area contributed by atoms with Crippen LogP contribution in [0.3, 0.4) is 0 Å². The molecule has 0 aromatic heterocycles. The van der Waals surface area contributed by atoms with Crippen LogP contribution in [0.2, 0.25) is 0 Å². The SMILES string of the molecule is CC(C)(C)OC(=O)N[C@H](C(=O)OC(/C=C/c1ccc([N+](=O)[O-])cc1)C(C)(C)C)c1ccccc1. The summed E-state index contributed by atoms with van der Waals surface area (Å²) in [6.07, 6.45) is 2.11. The van der Waals surface area contributed by atoms with Gasteiger partial charge >= 0.3 is 12.1 Å². The topological polar surface area (TPSA) is 108 Å². The lowest BCUT2D eigenvalue weighted by Gasteiger charge is -2.30. The third kappa shape index (κ3) is 8.35. The number of esters is 1. The van der Waals surface area contributed by atoms with Gasteiger partial charge in [0.15, 0.2) is 6.04 Å². The van der Waals surface area contributed by atoms with Crippen molar-refractivity contribution in [2.24, 2.45) is 5.41 Å². The zero-order chi connectivity index (χ0) is 25.5. The predicted octanol–water partition coefficient (Wildman–Crippen LogP) is 5.83. The Morgan fingerprint density at radius 1 is 0.971 bits per heavy atom. The van der Waals surface area contributed by atoms with Crippen LogP contribution in [0.15, 0.2) is 60.7 Å². The van der Waals surface area contributed by atoms with Gasteiger partial charge in [0.25, 0.3) is 5.69 Å². The first kappa shape index (κ1) is 26.6. The molecule has 0 aliphatic carbocycles. The van der Waals surface area contributed by atoms with Crippen molar-refractivity contribution in [2.45, 2.75) is 59.3 Å². The third-order valence-electron chi connectivity index (χ3n) is 4.69. The summed E-state index contributed by atoms with van der Waals surface area (Å²) in [6.45, 7) is 11.0. The van der Waals surface area contributed by atoms with Gasteiger partial charge in [0.2, 0.25) is 0 Å². The molecule has 1 N–H and O–H groups in total. The molecule has 182 valence electrons. The minimum Gasteiger partial charge on any atom is -0.456 e. The number of carbonyl (C=O) groups is 2. The zero-order valence-electron chi connectivity index (χ0n) is 20.4. The molecule has 2 aromatic rings. The predicted molar refractivity (Wildman–Crippen MR) is 130 cm³/mol. The molecule has 0 radical (unpaired) electrons. The van der Waals surface area contributed by atoms with Crippen LogP contribution in [0.1, 0.15) is 58.7 Å². The lowest BCUT2D eigenvalue weighted by molar-refractivity contribution is -0.384. The number of carbonyl (C=O) groups excluding carboxylic acids is 2. The Balaban J connectivity index is 2.25. The Kier molecular flexibility index (Phi) is 8.57. The molecule has 2 aromatic carbocycles. The highest BCUT2D eigenvalue weighted by Crippen LogP contribution is 2.27. The molecule has 0 fully saturated rings. The number of hydrogen-bond acceptors (Lipinski definition) is 6. The molecule has 0 saturated heterocycles. The first-order valence-electron chi connectivity index (χ1n) is 10.9. The van der Waals surface area contributed by atoms with Crippen LogP contribution >= 0.6 is 0 Å². The fraction of sp³-hybridized carbons (Fsp3) is 0.385. The van der Waals surface area contributed by atoms with Crippen LogP contribution in [0.4, 0.5) is 10.5 Å². The standard InChI is InChI=1S/C26H32N2O6/c1-25(2,3)21(17-14-18-12-15-20(16-13-18)28(31)32)33-23(29)22(19-10-8-7-9-11-19)27-24(30)34-26(4,5)6/h7-17,21-22H,1-6H3,(H,27,30)/b17-14+/t21?,22-/m0/s1. The van der Waals surface area contributed by atoms with Crippen molar-refractivity contribution >= 4 is 23.8 Å². The van der Waals surface area contributed by atoms with E-state index in [0.717, 1.165) is 5.56 Å². The number of benzene rings is 2. The summed E-state index contributed by atoms with van der Waals surface area (Å²) >= 11 is 0. The Morgan fingerprint density at radius 2 is 1.56 bits per heavy atom. The minimum absolute atomic E-state index is 0.00475. The van der Waals surface area contributed by atoms with Gasteiger partial charge in [-0.15, -0.1) is 0 Å². The summed E-state index contributed by atoms with van der Waals surface area (Å²) in [4.78, 5) is 36.0. The van der Waals surface area contributed by atoms with E-state index in [1.807, 2.05) is 26.8 Å². The molecule has 0 heterocycles. The Hall–Kier alpha value is -3.68. The molecule has 2 rings (SSSR count). The average Bonchev–Trinajstić information content (AvgIpc) is 2.73. The monoisotopic (exact) mass is 468 g/mol. The molecule has 2 atom stereocenters. The third-order valence-corrected chi connectivity index (χ3v) is 4.69. The van der Waals surface area contributed by atoms with Crippen LogP contribution in [-0.4, -0.2) is 28.7 Å². The lowest BCUT2D eigenvalue weighted by atomic mass is 9.88. The number of nitro benzene ring substituents is 1. The maximum atomic E-state index is 13.2. The van der Waals surface area contributed by atoms with E-state index in [1.54, 1.807) is 69.3 Å². The highest BCUT2D eigenvalue weighted by molar-refractivity contribution is 5.83. The van der Waals surface area contributed by atoms with Crippen molar-refractivity contribution in [3.8, 4) is 0 Å². The van der Waals surface area contributed by atoms with E-state index < -0.39 is 40.1 Å². The number of nitrogens with one attached hydrogen (secondary N) is 1. The van der Waals surface area contributed by atoms with Crippen molar-refractivity contribution in [1.82, 2.24) is 5.32 Å². The molecule has 8 heteroatoms. The number of rotatable bonds is 7. The maximum absolute atomic E-state index is 13.2. The first-order valence-corrected chi connectivity index (χ1v) is 10.9. The number of nitro groups is 1. The molecular weight excluding hydrogens is 436 g/mol. The van der Waals surface area contributed by atoms with E-state index in [1.165, 1.54) is 12.1 Å².